The molecule has 0 aromatic rings. The summed E-state index contributed by atoms with van der Waals surface area (Å²) >= 11 is 0. The molecule has 0 aliphatic heterocycles. The Morgan fingerprint density at radius 1 is 0.585 bits per heavy atom. The van der Waals surface area contributed by atoms with Crippen LogP contribution >= 0.6 is 7.82 Å². The van der Waals surface area contributed by atoms with E-state index in [2.05, 4.69) is 38.2 Å². The van der Waals surface area contributed by atoms with Crippen LogP contribution in [0, 0.1) is 0 Å². The Bertz CT molecular complexity index is 1040. The van der Waals surface area contributed by atoms with E-state index in [1.165, 1.54) is 38.5 Å². The number of aliphatic hydroxyl groups excluding tert-OH is 5. The van der Waals surface area contributed by atoms with Crippen molar-refractivity contribution >= 4 is 19.8 Å². The average molecular weight is 779 g/mol. The Morgan fingerprint density at radius 3 is 1.57 bits per heavy atom. The van der Waals surface area contributed by atoms with Gasteiger partial charge in [0.1, 0.15) is 43.2 Å². The molecule has 0 heterocycles. The Hall–Kier alpha value is -1.67. The van der Waals surface area contributed by atoms with E-state index in [-0.39, 0.29) is 12.8 Å². The van der Waals surface area contributed by atoms with Crippen LogP contribution in [0.15, 0.2) is 24.3 Å². The molecule has 14 heteroatoms. The summed E-state index contributed by atoms with van der Waals surface area (Å²) in [6, 6.07) is 0. The zero-order chi connectivity index (χ0) is 39.3. The van der Waals surface area contributed by atoms with Crippen LogP contribution in [-0.2, 0) is 32.7 Å². The maximum absolute atomic E-state index is 12.7. The van der Waals surface area contributed by atoms with Gasteiger partial charge in [-0.1, -0.05) is 122 Å². The van der Waals surface area contributed by atoms with Crippen molar-refractivity contribution < 1.29 is 63.1 Å². The van der Waals surface area contributed by atoms with Gasteiger partial charge in [-0.15, -0.1) is 0 Å². The molecule has 1 rings (SSSR count). The van der Waals surface area contributed by atoms with E-state index in [1.807, 2.05) is 0 Å². The first-order valence-corrected chi connectivity index (χ1v) is 21.6. The quantitative estimate of drug-likeness (QED) is 0.0187. The molecule has 0 spiro atoms. The largest absolute Gasteiger partial charge is 0.472 e. The van der Waals surface area contributed by atoms with E-state index in [1.54, 1.807) is 0 Å². The number of hydrogen-bond donors (Lipinski definition) is 6. The lowest BCUT2D eigenvalue weighted by Crippen LogP contribution is -2.64. The fraction of sp³-hybridized carbons (Fsp3) is 0.846. The molecule has 0 radical (unpaired) electrons. The summed E-state index contributed by atoms with van der Waals surface area (Å²) < 4.78 is 33.2. The number of hydrogen-bond acceptors (Lipinski definition) is 12. The summed E-state index contributed by atoms with van der Waals surface area (Å²) in [7, 11) is -5.10. The second kappa shape index (κ2) is 30.5. The SMILES string of the molecule is CCCCC/C=C/C/C=C/CCCCCCCCCC(=O)OC[C@@H](COP(=O)(O)OC1C(O)C(O)C(O)[C@H](O)C1O)OC(=O)CCCCCCCCC. The minimum absolute atomic E-state index is 0.0949. The highest BCUT2D eigenvalue weighted by Crippen LogP contribution is 2.47. The van der Waals surface area contributed by atoms with Gasteiger partial charge in [0.2, 0.25) is 0 Å². The van der Waals surface area contributed by atoms with Gasteiger partial charge < -0.3 is 39.9 Å². The monoisotopic (exact) mass is 778 g/mol. The van der Waals surface area contributed by atoms with E-state index in [4.69, 9.17) is 18.5 Å². The minimum Gasteiger partial charge on any atom is -0.462 e. The standard InChI is InChI=1S/C39H71O13P/c1-3-5-7-9-11-12-13-14-15-16-17-18-19-20-22-23-25-27-32(40)49-29-31(51-33(41)28-26-24-21-10-8-6-4-2)30-50-53(47,48)52-39-37(45)35(43)34(42)36(44)38(39)46/h11-12,14-15,31,34-39,42-46H,3-10,13,16-30H2,1-2H3,(H,47,48)/b12-11+,15-14+/t31-,34?,35-,36?,37?,38?,39?/m0/s1. The predicted octanol–water partition coefficient (Wildman–Crippen LogP) is 6.50. The maximum atomic E-state index is 12.7. The second-order valence-corrected chi connectivity index (χ2v) is 15.5. The third kappa shape index (κ3) is 23.8. The summed E-state index contributed by atoms with van der Waals surface area (Å²) in [5, 5.41) is 49.9. The van der Waals surface area contributed by atoms with Crippen molar-refractivity contribution in [3.63, 3.8) is 0 Å². The Balaban J connectivity index is 2.45. The fourth-order valence-corrected chi connectivity index (χ4v) is 6.94. The van der Waals surface area contributed by atoms with Crippen LogP contribution in [-0.4, -0.2) is 98.3 Å². The van der Waals surface area contributed by atoms with Crippen molar-refractivity contribution in [3.05, 3.63) is 24.3 Å². The summed E-state index contributed by atoms with van der Waals surface area (Å²) in [6.07, 6.45) is 17.1. The highest BCUT2D eigenvalue weighted by Gasteiger charge is 2.51. The van der Waals surface area contributed by atoms with Gasteiger partial charge in [-0.2, -0.15) is 0 Å². The third-order valence-electron chi connectivity index (χ3n) is 9.30. The van der Waals surface area contributed by atoms with E-state index < -0.39 is 75.7 Å². The number of esters is 2. The van der Waals surface area contributed by atoms with Gasteiger partial charge in [0.15, 0.2) is 6.10 Å². The van der Waals surface area contributed by atoms with E-state index in [0.717, 1.165) is 77.0 Å². The van der Waals surface area contributed by atoms with E-state index in [0.29, 0.717) is 12.8 Å². The van der Waals surface area contributed by atoms with Crippen molar-refractivity contribution in [2.45, 2.75) is 198 Å². The number of allylic oxidation sites excluding steroid dienone is 4. The number of ether oxygens (including phenoxy) is 2. The van der Waals surface area contributed by atoms with E-state index >= 15 is 0 Å². The molecule has 6 N–H and O–H groups in total. The molecular formula is C39H71O13P. The zero-order valence-corrected chi connectivity index (χ0v) is 33.2. The molecule has 0 saturated heterocycles. The number of aliphatic hydroxyl groups is 5. The molecule has 0 aromatic heterocycles. The van der Waals surface area contributed by atoms with Crippen molar-refractivity contribution in [2.75, 3.05) is 13.2 Å². The summed E-state index contributed by atoms with van der Waals surface area (Å²) in [4.78, 5) is 35.3. The molecular weight excluding hydrogens is 707 g/mol. The van der Waals surface area contributed by atoms with Crippen molar-refractivity contribution in [1.29, 1.82) is 0 Å². The van der Waals surface area contributed by atoms with Crippen molar-refractivity contribution in [3.8, 4) is 0 Å². The number of unbranched alkanes of at least 4 members (excludes halogenated alkanes) is 16. The molecule has 6 unspecified atom stereocenters. The van der Waals surface area contributed by atoms with Crippen LogP contribution < -0.4 is 0 Å². The molecule has 1 aliphatic carbocycles. The van der Waals surface area contributed by atoms with Crippen LogP contribution in [0.25, 0.3) is 0 Å². The van der Waals surface area contributed by atoms with Gasteiger partial charge in [0, 0.05) is 12.8 Å². The van der Waals surface area contributed by atoms with Gasteiger partial charge >= 0.3 is 19.8 Å². The number of carbonyl (C=O) groups excluding carboxylic acids is 2. The smallest absolute Gasteiger partial charge is 0.462 e. The molecule has 8 atom stereocenters. The molecule has 0 bridgehead atoms. The average Bonchev–Trinajstić information content (AvgIpc) is 3.13. The predicted molar refractivity (Wildman–Crippen MR) is 203 cm³/mol. The highest BCUT2D eigenvalue weighted by atomic mass is 31.2. The summed E-state index contributed by atoms with van der Waals surface area (Å²) in [5.74, 6) is -1.12. The Kier molecular flexibility index (Phi) is 28.4. The third-order valence-corrected chi connectivity index (χ3v) is 10.3. The van der Waals surface area contributed by atoms with Crippen LogP contribution in [0.3, 0.4) is 0 Å². The topological polar surface area (TPSA) is 210 Å². The molecule has 1 saturated carbocycles. The van der Waals surface area contributed by atoms with Crippen LogP contribution in [0.5, 0.6) is 0 Å². The lowest BCUT2D eigenvalue weighted by Gasteiger charge is -2.41. The lowest BCUT2D eigenvalue weighted by atomic mass is 9.85. The molecule has 0 amide bonds. The lowest BCUT2D eigenvalue weighted by molar-refractivity contribution is -0.220. The summed E-state index contributed by atoms with van der Waals surface area (Å²) in [6.45, 7) is 3.18. The Labute approximate surface area is 317 Å². The van der Waals surface area contributed by atoms with Crippen LogP contribution in [0.4, 0.5) is 0 Å². The van der Waals surface area contributed by atoms with Gasteiger partial charge in [0.25, 0.3) is 0 Å². The molecule has 13 nitrogen and oxygen atoms in total. The molecule has 53 heavy (non-hydrogen) atoms. The number of carbonyl (C=O) groups is 2. The Morgan fingerprint density at radius 2 is 1.02 bits per heavy atom. The first-order valence-electron chi connectivity index (χ1n) is 20.1. The molecule has 1 aliphatic rings. The van der Waals surface area contributed by atoms with Crippen LogP contribution in [0.2, 0.25) is 0 Å². The van der Waals surface area contributed by atoms with Crippen LogP contribution in [0.1, 0.15) is 155 Å². The number of phosphoric acid groups is 1. The van der Waals surface area contributed by atoms with Gasteiger partial charge in [-0.3, -0.25) is 18.6 Å². The number of phosphoric ester groups is 1. The van der Waals surface area contributed by atoms with Gasteiger partial charge in [-0.05, 0) is 44.9 Å². The zero-order valence-electron chi connectivity index (χ0n) is 32.3. The maximum Gasteiger partial charge on any atom is 0.472 e. The van der Waals surface area contributed by atoms with Gasteiger partial charge in [-0.25, -0.2) is 4.57 Å². The van der Waals surface area contributed by atoms with Crippen molar-refractivity contribution in [2.24, 2.45) is 0 Å². The normalized spacial score (nSPS) is 23.7. The number of rotatable bonds is 32. The molecule has 1 fully saturated rings. The minimum atomic E-state index is -5.10. The molecule has 0 aromatic carbocycles. The first-order chi connectivity index (χ1) is 25.4. The summed E-state index contributed by atoms with van der Waals surface area (Å²) in [5.41, 5.74) is 0. The van der Waals surface area contributed by atoms with Crippen molar-refractivity contribution in [1.82, 2.24) is 0 Å². The van der Waals surface area contributed by atoms with Gasteiger partial charge in [0.05, 0.1) is 6.61 Å². The van der Waals surface area contributed by atoms with E-state index in [9.17, 15) is 44.6 Å². The molecule has 310 valence electrons. The second-order valence-electron chi connectivity index (χ2n) is 14.1. The first kappa shape index (κ1) is 49.3. The fourth-order valence-electron chi connectivity index (χ4n) is 5.96. The highest BCUT2D eigenvalue weighted by molar-refractivity contribution is 7.47.